The second-order valence-corrected chi connectivity index (χ2v) is 8.81. The van der Waals surface area contributed by atoms with E-state index < -0.39 is 0 Å². The van der Waals surface area contributed by atoms with E-state index in [0.717, 1.165) is 32.7 Å². The summed E-state index contributed by atoms with van der Waals surface area (Å²) in [5, 5.41) is 22.2. The van der Waals surface area contributed by atoms with Crippen molar-refractivity contribution >= 4 is 52.1 Å². The normalized spacial score (nSPS) is 10.4. The summed E-state index contributed by atoms with van der Waals surface area (Å²) in [5.74, 6) is 0.429. The fourth-order valence-corrected chi connectivity index (χ4v) is 4.09. The molecule has 36 heavy (non-hydrogen) atoms. The summed E-state index contributed by atoms with van der Waals surface area (Å²) in [4.78, 5) is 22.2. The van der Waals surface area contributed by atoms with Crippen molar-refractivity contribution in [2.75, 3.05) is 40.3 Å². The lowest BCUT2D eigenvalue weighted by molar-refractivity contribution is -0.115. The highest BCUT2D eigenvalue weighted by atomic mass is 32.2. The van der Waals surface area contributed by atoms with Crippen LogP contribution in [0.25, 0.3) is 0 Å². The van der Waals surface area contributed by atoms with Crippen LogP contribution in [0.15, 0.2) is 95.0 Å². The number of hydrogen-bond acceptors (Lipinski definition) is 9. The maximum absolute atomic E-state index is 12.3. The first kappa shape index (κ1) is 24.8. The van der Waals surface area contributed by atoms with E-state index in [0.29, 0.717) is 24.6 Å². The maximum atomic E-state index is 12.3. The number of benzene rings is 3. The van der Waals surface area contributed by atoms with Gasteiger partial charge in [0.1, 0.15) is 5.03 Å². The smallest absolute Gasteiger partial charge is 0.228 e. The molecule has 0 saturated heterocycles. The molecule has 1 amide bonds. The highest BCUT2D eigenvalue weighted by molar-refractivity contribution is 7.99. The van der Waals surface area contributed by atoms with Crippen molar-refractivity contribution in [3.63, 3.8) is 0 Å². The van der Waals surface area contributed by atoms with Crippen molar-refractivity contribution in [3.8, 4) is 0 Å². The summed E-state index contributed by atoms with van der Waals surface area (Å²) in [6, 6.07) is 24.5. The van der Waals surface area contributed by atoms with Gasteiger partial charge in [-0.1, -0.05) is 23.9 Å². The first-order chi connectivity index (χ1) is 17.6. The van der Waals surface area contributed by atoms with Gasteiger partial charge < -0.3 is 21.3 Å². The zero-order valence-electron chi connectivity index (χ0n) is 19.7. The lowest BCUT2D eigenvalue weighted by Gasteiger charge is -2.10. The van der Waals surface area contributed by atoms with Gasteiger partial charge in [-0.2, -0.15) is 0 Å². The zero-order chi connectivity index (χ0) is 25.2. The summed E-state index contributed by atoms with van der Waals surface area (Å²) >= 11 is 1.51. The Kier molecular flexibility index (Phi) is 8.57. The van der Waals surface area contributed by atoms with E-state index in [9.17, 15) is 4.79 Å². The third-order valence-corrected chi connectivity index (χ3v) is 6.02. The van der Waals surface area contributed by atoms with Crippen molar-refractivity contribution in [3.05, 3.63) is 85.1 Å². The Hall–Kier alpha value is -4.28. The standard InChI is InChI=1S/C26H27N7O2S/c1-27-19-4-2-6-21(16-19)31-26-29-15-13-25(32-26)36-23-10-8-18(9-11-23)30-24(34)12-14-28-20-5-3-7-22(17-20)33-35/h2-11,13,15-17,27-28,33,35H,12,14H2,1H3,(H,30,34)(H,29,31,32). The van der Waals surface area contributed by atoms with Crippen LogP contribution >= 0.6 is 11.8 Å². The number of nitrogens with one attached hydrogen (secondary N) is 5. The molecule has 0 radical (unpaired) electrons. The maximum Gasteiger partial charge on any atom is 0.228 e. The van der Waals surface area contributed by atoms with E-state index in [1.54, 1.807) is 18.3 Å². The highest BCUT2D eigenvalue weighted by Crippen LogP contribution is 2.28. The molecule has 0 spiro atoms. The van der Waals surface area contributed by atoms with Crippen LogP contribution in [-0.2, 0) is 4.79 Å². The number of nitrogens with zero attached hydrogens (tertiary/aromatic N) is 2. The van der Waals surface area contributed by atoms with Gasteiger partial charge in [0.2, 0.25) is 11.9 Å². The van der Waals surface area contributed by atoms with Crippen molar-refractivity contribution < 1.29 is 10.0 Å². The largest absolute Gasteiger partial charge is 0.388 e. The number of carbonyl (C=O) groups is 1. The summed E-state index contributed by atoms with van der Waals surface area (Å²) in [6.45, 7) is 0.470. The molecule has 4 aromatic rings. The Morgan fingerprint density at radius 1 is 0.889 bits per heavy atom. The van der Waals surface area contributed by atoms with Crippen LogP contribution < -0.4 is 26.7 Å². The van der Waals surface area contributed by atoms with Gasteiger partial charge >= 0.3 is 0 Å². The van der Waals surface area contributed by atoms with Crippen LogP contribution in [0, 0.1) is 0 Å². The first-order valence-corrected chi connectivity index (χ1v) is 12.1. The molecule has 0 aliphatic heterocycles. The van der Waals surface area contributed by atoms with Gasteiger partial charge in [0.05, 0.1) is 5.69 Å². The minimum Gasteiger partial charge on any atom is -0.388 e. The summed E-state index contributed by atoms with van der Waals surface area (Å²) < 4.78 is 0. The molecule has 0 atom stereocenters. The molecule has 10 heteroatoms. The van der Waals surface area contributed by atoms with Crippen LogP contribution in [0.5, 0.6) is 0 Å². The molecule has 1 heterocycles. The third kappa shape index (κ3) is 7.36. The number of aromatic nitrogens is 2. The number of carbonyl (C=O) groups excluding carboxylic acids is 1. The Morgan fingerprint density at radius 2 is 1.61 bits per heavy atom. The molecule has 4 rings (SSSR count). The number of anilines is 6. The molecule has 0 unspecified atom stereocenters. The third-order valence-electron chi connectivity index (χ3n) is 5.07. The van der Waals surface area contributed by atoms with Crippen molar-refractivity contribution in [2.24, 2.45) is 0 Å². The van der Waals surface area contributed by atoms with Gasteiger partial charge in [-0.25, -0.2) is 9.97 Å². The molecule has 0 fully saturated rings. The zero-order valence-corrected chi connectivity index (χ0v) is 20.5. The second kappa shape index (κ2) is 12.4. The quantitative estimate of drug-likeness (QED) is 0.114. The van der Waals surface area contributed by atoms with Crippen LogP contribution in [0.2, 0.25) is 0 Å². The molecule has 0 aliphatic carbocycles. The molecule has 0 bridgehead atoms. The van der Waals surface area contributed by atoms with Gasteiger partial charge in [0.25, 0.3) is 0 Å². The molecule has 9 nitrogen and oxygen atoms in total. The number of amides is 1. The van der Waals surface area contributed by atoms with Crippen molar-refractivity contribution in [1.82, 2.24) is 9.97 Å². The molecule has 3 aromatic carbocycles. The topological polar surface area (TPSA) is 123 Å². The summed E-state index contributed by atoms with van der Waals surface area (Å²) in [5.41, 5.74) is 6.12. The average molecular weight is 502 g/mol. The molecule has 6 N–H and O–H groups in total. The molecule has 1 aromatic heterocycles. The highest BCUT2D eigenvalue weighted by Gasteiger charge is 2.06. The number of hydrogen-bond donors (Lipinski definition) is 6. The van der Waals surface area contributed by atoms with Crippen LogP contribution in [0.1, 0.15) is 6.42 Å². The SMILES string of the molecule is CNc1cccc(Nc2nccc(Sc3ccc(NC(=O)CCNc4cccc(NO)c4)cc3)n2)c1. The Labute approximate surface area is 213 Å². The number of rotatable bonds is 11. The molecule has 0 aliphatic rings. The first-order valence-electron chi connectivity index (χ1n) is 11.3. The minimum absolute atomic E-state index is 0.0896. The van der Waals surface area contributed by atoms with E-state index in [4.69, 9.17) is 5.21 Å². The molecular weight excluding hydrogens is 474 g/mol. The lowest BCUT2D eigenvalue weighted by atomic mass is 10.2. The fourth-order valence-electron chi connectivity index (χ4n) is 3.31. The monoisotopic (exact) mass is 501 g/mol. The predicted molar refractivity (Wildman–Crippen MR) is 145 cm³/mol. The molecular formula is C26H27N7O2S. The fraction of sp³-hybridized carbons (Fsp3) is 0.115. The van der Waals surface area contributed by atoms with Crippen LogP contribution in [0.4, 0.5) is 34.4 Å². The van der Waals surface area contributed by atoms with E-state index in [2.05, 4.69) is 36.7 Å². The summed E-state index contributed by atoms with van der Waals surface area (Å²) in [6.07, 6.45) is 2.03. The van der Waals surface area contributed by atoms with E-state index in [1.165, 1.54) is 11.8 Å². The van der Waals surface area contributed by atoms with Gasteiger partial charge in [-0.3, -0.25) is 15.5 Å². The van der Waals surface area contributed by atoms with E-state index in [-0.39, 0.29) is 5.91 Å². The minimum atomic E-state index is -0.0896. The van der Waals surface area contributed by atoms with Gasteiger partial charge in [0.15, 0.2) is 0 Å². The molecule has 0 saturated carbocycles. The van der Waals surface area contributed by atoms with Gasteiger partial charge in [0, 0.05) is 53.9 Å². The van der Waals surface area contributed by atoms with Crippen LogP contribution in [0.3, 0.4) is 0 Å². The summed E-state index contributed by atoms with van der Waals surface area (Å²) in [7, 11) is 1.87. The van der Waals surface area contributed by atoms with Crippen molar-refractivity contribution in [1.29, 1.82) is 0 Å². The average Bonchev–Trinajstić information content (AvgIpc) is 2.90. The van der Waals surface area contributed by atoms with E-state index in [1.807, 2.05) is 73.8 Å². The van der Waals surface area contributed by atoms with Gasteiger partial charge in [-0.15, -0.1) is 0 Å². The Balaban J connectivity index is 1.27. The van der Waals surface area contributed by atoms with Crippen LogP contribution in [-0.4, -0.2) is 34.7 Å². The van der Waals surface area contributed by atoms with E-state index >= 15 is 0 Å². The lowest BCUT2D eigenvalue weighted by Crippen LogP contribution is -2.16. The van der Waals surface area contributed by atoms with Crippen molar-refractivity contribution in [2.45, 2.75) is 16.3 Å². The Morgan fingerprint density at radius 3 is 2.39 bits per heavy atom. The van der Waals surface area contributed by atoms with Gasteiger partial charge in [-0.05, 0) is 66.7 Å². The Bertz CT molecular complexity index is 1300. The molecule has 184 valence electrons. The predicted octanol–water partition coefficient (Wildman–Crippen LogP) is 5.65. The second-order valence-electron chi connectivity index (χ2n) is 7.72.